The normalized spacial score (nSPS) is 13.1. The molecular weight excluding hydrogens is 210 g/mol. The lowest BCUT2D eigenvalue weighted by Gasteiger charge is -2.12. The first-order valence-corrected chi connectivity index (χ1v) is 5.90. The van der Waals surface area contributed by atoms with Gasteiger partial charge in [-0.25, -0.2) is 0 Å². The first kappa shape index (κ1) is 12.5. The Morgan fingerprint density at radius 1 is 1.60 bits per heavy atom. The van der Waals surface area contributed by atoms with Gasteiger partial charge in [0.25, 0.3) is 0 Å². The molecule has 0 aliphatic rings. The third kappa shape index (κ3) is 3.84. The fourth-order valence-electron chi connectivity index (χ4n) is 1.59. The monoisotopic (exact) mass is 229 g/mol. The van der Waals surface area contributed by atoms with Crippen LogP contribution in [0, 0.1) is 5.92 Å². The van der Waals surface area contributed by atoms with Crippen LogP contribution in [0.25, 0.3) is 0 Å². The topological polar surface area (TPSA) is 29.9 Å². The van der Waals surface area contributed by atoms with Gasteiger partial charge in [-0.2, -0.15) is 5.10 Å². The molecule has 0 aliphatic heterocycles. The minimum absolute atomic E-state index is 0.587. The van der Waals surface area contributed by atoms with E-state index in [1.165, 1.54) is 6.42 Å². The van der Waals surface area contributed by atoms with Crippen LogP contribution in [0.2, 0.25) is 5.02 Å². The smallest absolute Gasteiger partial charge is 0.0817 e. The van der Waals surface area contributed by atoms with Gasteiger partial charge in [0.2, 0.25) is 0 Å². The summed E-state index contributed by atoms with van der Waals surface area (Å²) in [5.74, 6) is 0.587. The van der Waals surface area contributed by atoms with Crippen molar-refractivity contribution in [2.75, 3.05) is 13.1 Å². The molecule has 1 unspecified atom stereocenters. The largest absolute Gasteiger partial charge is 0.316 e. The van der Waals surface area contributed by atoms with Gasteiger partial charge >= 0.3 is 0 Å². The van der Waals surface area contributed by atoms with E-state index in [0.29, 0.717) is 5.92 Å². The van der Waals surface area contributed by atoms with Gasteiger partial charge in [-0.3, -0.25) is 4.68 Å². The van der Waals surface area contributed by atoms with Gasteiger partial charge in [0.1, 0.15) is 0 Å². The lowest BCUT2D eigenvalue weighted by molar-refractivity contribution is 0.495. The highest BCUT2D eigenvalue weighted by molar-refractivity contribution is 6.31. The molecule has 1 aromatic heterocycles. The molecule has 0 aromatic carbocycles. The van der Waals surface area contributed by atoms with Gasteiger partial charge in [0.05, 0.1) is 16.9 Å². The molecule has 1 atom stereocenters. The molecular formula is C11H20ClN3. The molecule has 4 heteroatoms. The summed E-state index contributed by atoms with van der Waals surface area (Å²) in [5, 5.41) is 8.32. The van der Waals surface area contributed by atoms with Crippen molar-refractivity contribution in [3.8, 4) is 0 Å². The predicted molar refractivity (Wildman–Crippen MR) is 64.2 cm³/mol. The second kappa shape index (κ2) is 6.13. The lowest BCUT2D eigenvalue weighted by atomic mass is 10.1. The Balaban J connectivity index is 2.40. The first-order chi connectivity index (χ1) is 7.15. The molecule has 86 valence electrons. The van der Waals surface area contributed by atoms with Gasteiger partial charge in [-0.15, -0.1) is 0 Å². The van der Waals surface area contributed by atoms with Gasteiger partial charge in [0.15, 0.2) is 0 Å². The van der Waals surface area contributed by atoms with E-state index in [0.717, 1.165) is 30.2 Å². The molecule has 15 heavy (non-hydrogen) atoms. The fourth-order valence-corrected chi connectivity index (χ4v) is 1.84. The van der Waals surface area contributed by atoms with Gasteiger partial charge in [0, 0.05) is 7.05 Å². The molecule has 0 saturated heterocycles. The van der Waals surface area contributed by atoms with E-state index in [-0.39, 0.29) is 0 Å². The summed E-state index contributed by atoms with van der Waals surface area (Å²) in [4.78, 5) is 0. The fraction of sp³-hybridized carbons (Fsp3) is 0.727. The number of hydrogen-bond donors (Lipinski definition) is 1. The summed E-state index contributed by atoms with van der Waals surface area (Å²) < 4.78 is 1.86. The van der Waals surface area contributed by atoms with Crippen molar-refractivity contribution < 1.29 is 0 Å². The van der Waals surface area contributed by atoms with E-state index in [1.54, 1.807) is 6.20 Å². The van der Waals surface area contributed by atoms with Gasteiger partial charge < -0.3 is 5.32 Å². The maximum Gasteiger partial charge on any atom is 0.0817 e. The molecule has 0 spiro atoms. The van der Waals surface area contributed by atoms with Crippen molar-refractivity contribution in [1.82, 2.24) is 15.1 Å². The van der Waals surface area contributed by atoms with Crippen molar-refractivity contribution in [2.45, 2.75) is 26.7 Å². The molecule has 0 bridgehead atoms. The average molecular weight is 230 g/mol. The maximum absolute atomic E-state index is 6.05. The molecule has 1 rings (SSSR count). The Morgan fingerprint density at radius 2 is 2.33 bits per heavy atom. The SMILES string of the molecule is CCCNCC(C)Cc1c(Cl)cnn1C. The number of hydrogen-bond acceptors (Lipinski definition) is 2. The number of aryl methyl sites for hydroxylation is 1. The second-order valence-electron chi connectivity index (χ2n) is 4.08. The quantitative estimate of drug-likeness (QED) is 0.759. The standard InChI is InChI=1S/C11H20ClN3/c1-4-5-13-7-9(2)6-11-10(12)8-14-15(11)3/h8-9,13H,4-7H2,1-3H3. The van der Waals surface area contributed by atoms with Crippen LogP contribution >= 0.6 is 11.6 Å². The number of rotatable bonds is 6. The summed E-state index contributed by atoms with van der Waals surface area (Å²) in [7, 11) is 1.94. The van der Waals surface area contributed by atoms with Crippen molar-refractivity contribution in [1.29, 1.82) is 0 Å². The van der Waals surface area contributed by atoms with Crippen LogP contribution in [0.1, 0.15) is 26.0 Å². The van der Waals surface area contributed by atoms with Crippen molar-refractivity contribution in [3.05, 3.63) is 16.9 Å². The number of nitrogens with one attached hydrogen (secondary N) is 1. The molecule has 0 fully saturated rings. The van der Waals surface area contributed by atoms with E-state index < -0.39 is 0 Å². The molecule has 1 heterocycles. The molecule has 0 amide bonds. The zero-order valence-corrected chi connectivity index (χ0v) is 10.5. The van der Waals surface area contributed by atoms with E-state index in [2.05, 4.69) is 24.3 Å². The predicted octanol–water partition coefficient (Wildman–Crippen LogP) is 2.25. The average Bonchev–Trinajstić information content (AvgIpc) is 2.50. The van der Waals surface area contributed by atoms with Crippen LogP contribution in [0.15, 0.2) is 6.20 Å². The third-order valence-electron chi connectivity index (χ3n) is 2.47. The molecule has 0 saturated carbocycles. The van der Waals surface area contributed by atoms with E-state index >= 15 is 0 Å². The molecule has 0 radical (unpaired) electrons. The second-order valence-corrected chi connectivity index (χ2v) is 4.48. The number of aromatic nitrogens is 2. The molecule has 0 aliphatic carbocycles. The Bertz CT molecular complexity index is 277. The zero-order valence-electron chi connectivity index (χ0n) is 9.76. The number of halogens is 1. The minimum Gasteiger partial charge on any atom is -0.316 e. The highest BCUT2D eigenvalue weighted by atomic mass is 35.5. The molecule has 3 nitrogen and oxygen atoms in total. The van der Waals surface area contributed by atoms with Crippen LogP contribution < -0.4 is 5.32 Å². The third-order valence-corrected chi connectivity index (χ3v) is 2.79. The Morgan fingerprint density at radius 3 is 2.87 bits per heavy atom. The van der Waals surface area contributed by atoms with Gasteiger partial charge in [-0.05, 0) is 31.8 Å². The molecule has 1 N–H and O–H groups in total. The highest BCUT2D eigenvalue weighted by Crippen LogP contribution is 2.17. The minimum atomic E-state index is 0.587. The Kier molecular flexibility index (Phi) is 5.12. The van der Waals surface area contributed by atoms with E-state index in [9.17, 15) is 0 Å². The van der Waals surface area contributed by atoms with Crippen LogP contribution in [0.4, 0.5) is 0 Å². The van der Waals surface area contributed by atoms with Crippen LogP contribution in [0.3, 0.4) is 0 Å². The summed E-state index contributed by atoms with van der Waals surface area (Å²) in [5.41, 5.74) is 1.13. The van der Waals surface area contributed by atoms with Crippen LogP contribution in [-0.2, 0) is 13.5 Å². The van der Waals surface area contributed by atoms with Crippen molar-refractivity contribution in [3.63, 3.8) is 0 Å². The van der Waals surface area contributed by atoms with E-state index in [1.807, 2.05) is 11.7 Å². The summed E-state index contributed by atoms with van der Waals surface area (Å²) in [6.07, 6.45) is 3.87. The van der Waals surface area contributed by atoms with Crippen molar-refractivity contribution in [2.24, 2.45) is 13.0 Å². The van der Waals surface area contributed by atoms with Crippen LogP contribution in [0.5, 0.6) is 0 Å². The Hall–Kier alpha value is -0.540. The van der Waals surface area contributed by atoms with Gasteiger partial charge in [-0.1, -0.05) is 25.4 Å². The summed E-state index contributed by atoms with van der Waals surface area (Å²) in [6.45, 7) is 6.53. The molecule has 1 aromatic rings. The maximum atomic E-state index is 6.05. The summed E-state index contributed by atoms with van der Waals surface area (Å²) >= 11 is 6.05. The van der Waals surface area contributed by atoms with E-state index in [4.69, 9.17) is 11.6 Å². The first-order valence-electron chi connectivity index (χ1n) is 5.52. The zero-order chi connectivity index (χ0) is 11.3. The Labute approximate surface area is 96.8 Å². The summed E-state index contributed by atoms with van der Waals surface area (Å²) in [6, 6.07) is 0. The lowest BCUT2D eigenvalue weighted by Crippen LogP contribution is -2.23. The van der Waals surface area contributed by atoms with Crippen LogP contribution in [-0.4, -0.2) is 22.9 Å². The highest BCUT2D eigenvalue weighted by Gasteiger charge is 2.10. The van der Waals surface area contributed by atoms with Crippen molar-refractivity contribution >= 4 is 11.6 Å². The number of nitrogens with zero attached hydrogens (tertiary/aromatic N) is 2.